The Morgan fingerprint density at radius 1 is 0.351 bits per heavy atom. The molecule has 16 rings (SSSR count). The van der Waals surface area contributed by atoms with Crippen molar-refractivity contribution >= 4 is 71.1 Å². The second kappa shape index (κ2) is 14.9. The Morgan fingerprint density at radius 3 is 1.24 bits per heavy atom. The van der Waals surface area contributed by atoms with Crippen LogP contribution in [0.4, 0.5) is 0 Å². The van der Waals surface area contributed by atoms with Crippen LogP contribution >= 0.6 is 0 Å². The van der Waals surface area contributed by atoms with Gasteiger partial charge in [0, 0.05) is 49.0 Å². The maximum Gasteiger partial charge on any atom is 0.0541 e. The van der Waals surface area contributed by atoms with Crippen LogP contribution in [0.25, 0.3) is 127 Å². The number of para-hydroxylation sites is 3. The van der Waals surface area contributed by atoms with Gasteiger partial charge in [-0.05, 0) is 144 Å². The number of rotatable bonds is 4. The van der Waals surface area contributed by atoms with Crippen LogP contribution in [-0.2, 0) is 17.3 Å². The van der Waals surface area contributed by atoms with Gasteiger partial charge in [-0.15, -0.1) is 0 Å². The first-order valence-corrected chi connectivity index (χ1v) is 26.5. The summed E-state index contributed by atoms with van der Waals surface area (Å²) >= 11 is 0. The lowest BCUT2D eigenvalue weighted by molar-refractivity contribution is 0.602. The molecule has 2 nitrogen and oxygen atoms in total. The van der Waals surface area contributed by atoms with E-state index in [0.29, 0.717) is 0 Å². The lowest BCUT2D eigenvalue weighted by Crippen LogP contribution is -2.24. The van der Waals surface area contributed by atoms with Crippen LogP contribution in [0.5, 0.6) is 0 Å². The SMILES string of the molecule is CC1(C)c2cc(-c3ccc(-n4c5c(c6ccccc64)C=CCC5)c4ccccc34)ccc2-c2c1c1c(c3ccccc23)-c2ccc(-c3ccc(-n4c5ccccc5c5ccccc54)c4ccccc34)cc2C1(C)C. The summed E-state index contributed by atoms with van der Waals surface area (Å²) in [6.45, 7) is 9.95. The number of nitrogens with zero attached hydrogens (tertiary/aromatic N) is 2. The van der Waals surface area contributed by atoms with Gasteiger partial charge >= 0.3 is 0 Å². The summed E-state index contributed by atoms with van der Waals surface area (Å²) in [7, 11) is 0. The molecule has 0 saturated carbocycles. The van der Waals surface area contributed by atoms with Crippen molar-refractivity contribution in [3.63, 3.8) is 0 Å². The Kier molecular flexibility index (Phi) is 8.45. The van der Waals surface area contributed by atoms with E-state index in [4.69, 9.17) is 0 Å². The van der Waals surface area contributed by atoms with Gasteiger partial charge in [0.05, 0.1) is 27.9 Å². The molecular formula is C72H52N2. The number of aromatic nitrogens is 2. The van der Waals surface area contributed by atoms with Crippen molar-refractivity contribution in [2.75, 3.05) is 0 Å². The molecular weight excluding hydrogens is 893 g/mol. The van der Waals surface area contributed by atoms with Crippen LogP contribution in [0, 0.1) is 0 Å². The Balaban J connectivity index is 0.838. The predicted molar refractivity (Wildman–Crippen MR) is 313 cm³/mol. The topological polar surface area (TPSA) is 9.86 Å². The molecule has 0 bridgehead atoms. The number of fused-ring (bicyclic) bond motifs is 18. The zero-order valence-corrected chi connectivity index (χ0v) is 42.1. The summed E-state index contributed by atoms with van der Waals surface area (Å²) in [6.07, 6.45) is 6.77. The van der Waals surface area contributed by atoms with E-state index in [-0.39, 0.29) is 10.8 Å². The van der Waals surface area contributed by atoms with Crippen LogP contribution in [-0.4, -0.2) is 9.13 Å². The van der Waals surface area contributed by atoms with E-state index >= 15 is 0 Å². The second-order valence-corrected chi connectivity index (χ2v) is 22.2. The quantitative estimate of drug-likeness (QED) is 0.166. The van der Waals surface area contributed by atoms with Gasteiger partial charge in [0.25, 0.3) is 0 Å². The maximum atomic E-state index is 2.54. The molecule has 2 aromatic heterocycles. The monoisotopic (exact) mass is 944 g/mol. The van der Waals surface area contributed by atoms with Gasteiger partial charge in [-0.1, -0.05) is 204 Å². The van der Waals surface area contributed by atoms with Gasteiger partial charge in [0.15, 0.2) is 0 Å². The summed E-state index contributed by atoms with van der Waals surface area (Å²) in [5.74, 6) is 0. The van der Waals surface area contributed by atoms with E-state index in [1.165, 1.54) is 154 Å². The minimum absolute atomic E-state index is 0.262. The van der Waals surface area contributed by atoms with Gasteiger partial charge in [-0.25, -0.2) is 0 Å². The minimum atomic E-state index is -0.265. The lowest BCUT2D eigenvalue weighted by Gasteiger charge is -2.31. The highest BCUT2D eigenvalue weighted by Gasteiger charge is 2.47. The highest BCUT2D eigenvalue weighted by atomic mass is 15.0. The Bertz CT molecular complexity index is 4610. The summed E-state index contributed by atoms with van der Waals surface area (Å²) in [6, 6.07) is 78.1. The van der Waals surface area contributed by atoms with Crippen LogP contribution < -0.4 is 0 Å². The molecule has 0 aliphatic heterocycles. The molecule has 2 heteroatoms. The molecule has 0 spiro atoms. The molecule has 0 N–H and O–H groups in total. The van der Waals surface area contributed by atoms with Crippen LogP contribution in [0.2, 0.25) is 0 Å². The first kappa shape index (κ1) is 41.9. The van der Waals surface area contributed by atoms with E-state index in [1.54, 1.807) is 0 Å². The van der Waals surface area contributed by atoms with Crippen molar-refractivity contribution in [2.24, 2.45) is 0 Å². The fourth-order valence-corrected chi connectivity index (χ4v) is 14.5. The number of allylic oxidation sites excluding steroid dienone is 1. The molecule has 0 radical (unpaired) electrons. The third kappa shape index (κ3) is 5.45. The van der Waals surface area contributed by atoms with E-state index < -0.39 is 0 Å². The van der Waals surface area contributed by atoms with Crippen LogP contribution in [0.1, 0.15) is 67.6 Å². The van der Waals surface area contributed by atoms with E-state index in [9.17, 15) is 0 Å². The maximum absolute atomic E-state index is 2.54. The molecule has 2 heterocycles. The molecule has 0 fully saturated rings. The largest absolute Gasteiger partial charge is 0.312 e. The zero-order valence-electron chi connectivity index (χ0n) is 42.1. The second-order valence-electron chi connectivity index (χ2n) is 22.2. The van der Waals surface area contributed by atoms with Crippen LogP contribution in [0.15, 0.2) is 212 Å². The normalized spacial score (nSPS) is 14.8. The molecule has 0 amide bonds. The standard InChI is InChI=1S/C72H52N2/c1-71(2)59-41-43(45-37-39-65(49-21-7-5-19-47(45)49)73-61-29-15-11-23-51(61)52-24-12-16-30-62(52)73)33-35-57(59)67-55-27-9-10-28-56(55)68-58-36-34-44(42-60(58)72(3,4)70(68)69(67)71)46-38-40-66(50-22-8-6-20-48(46)50)74-63-31-17-13-25-53(63)54-26-14-18-32-64(54)74/h5-17,19-31,33-42H,18,32H2,1-4H3. The molecule has 3 aliphatic carbocycles. The van der Waals surface area contributed by atoms with Gasteiger partial charge in [-0.2, -0.15) is 0 Å². The van der Waals surface area contributed by atoms with Crippen molar-refractivity contribution in [3.8, 4) is 55.9 Å². The van der Waals surface area contributed by atoms with Crippen molar-refractivity contribution in [3.05, 3.63) is 246 Å². The summed E-state index contributed by atoms with van der Waals surface area (Å²) in [5.41, 5.74) is 24.7. The molecule has 0 atom stereocenters. The van der Waals surface area contributed by atoms with Crippen molar-refractivity contribution in [1.82, 2.24) is 9.13 Å². The zero-order chi connectivity index (χ0) is 49.2. The van der Waals surface area contributed by atoms with Gasteiger partial charge in [0.1, 0.15) is 0 Å². The highest BCUT2D eigenvalue weighted by Crippen LogP contribution is 2.63. The number of benzene rings is 11. The fourth-order valence-electron chi connectivity index (χ4n) is 14.5. The third-order valence-corrected chi connectivity index (χ3v) is 17.7. The van der Waals surface area contributed by atoms with Crippen LogP contribution in [0.3, 0.4) is 0 Å². The Morgan fingerprint density at radius 2 is 0.743 bits per heavy atom. The van der Waals surface area contributed by atoms with E-state index in [1.807, 2.05) is 0 Å². The number of hydrogen-bond donors (Lipinski definition) is 0. The lowest BCUT2D eigenvalue weighted by atomic mass is 9.71. The first-order valence-electron chi connectivity index (χ1n) is 26.5. The van der Waals surface area contributed by atoms with Crippen molar-refractivity contribution in [1.29, 1.82) is 0 Å². The molecule has 11 aromatic carbocycles. The Labute approximate surface area is 431 Å². The smallest absolute Gasteiger partial charge is 0.0541 e. The highest BCUT2D eigenvalue weighted by molar-refractivity contribution is 6.15. The first-order chi connectivity index (χ1) is 36.3. The third-order valence-electron chi connectivity index (χ3n) is 17.7. The summed E-state index contributed by atoms with van der Waals surface area (Å²) in [4.78, 5) is 0. The fraction of sp³-hybridized carbons (Fsp3) is 0.111. The molecule has 350 valence electrons. The summed E-state index contributed by atoms with van der Waals surface area (Å²) < 4.78 is 5.00. The van der Waals surface area contributed by atoms with Crippen molar-refractivity contribution < 1.29 is 0 Å². The molecule has 74 heavy (non-hydrogen) atoms. The minimum Gasteiger partial charge on any atom is -0.312 e. The molecule has 13 aromatic rings. The van der Waals surface area contributed by atoms with Gasteiger partial charge < -0.3 is 9.13 Å². The molecule has 3 aliphatic rings. The van der Waals surface area contributed by atoms with Crippen molar-refractivity contribution in [2.45, 2.75) is 51.4 Å². The summed E-state index contributed by atoms with van der Waals surface area (Å²) in [5, 5.41) is 11.6. The molecule has 0 unspecified atom stereocenters. The van der Waals surface area contributed by atoms with E-state index in [0.717, 1.165) is 12.8 Å². The predicted octanol–water partition coefficient (Wildman–Crippen LogP) is 19.1. The van der Waals surface area contributed by atoms with Gasteiger partial charge in [0.2, 0.25) is 0 Å². The average molecular weight is 945 g/mol. The van der Waals surface area contributed by atoms with Gasteiger partial charge in [-0.3, -0.25) is 0 Å². The number of hydrogen-bond acceptors (Lipinski definition) is 0. The molecule has 0 saturated heterocycles. The average Bonchev–Trinajstić information content (AvgIpc) is 4.11. The van der Waals surface area contributed by atoms with E-state index in [2.05, 4.69) is 255 Å². The Hall–Kier alpha value is -8.72.